The van der Waals surface area contributed by atoms with Gasteiger partial charge in [-0.25, -0.2) is 0 Å². The number of amides is 1. The van der Waals surface area contributed by atoms with Gasteiger partial charge in [0.05, 0.1) is 11.3 Å². The van der Waals surface area contributed by atoms with Crippen molar-refractivity contribution in [3.05, 3.63) is 58.7 Å². The predicted molar refractivity (Wildman–Crippen MR) is 82.9 cm³/mol. The Morgan fingerprint density at radius 1 is 1.05 bits per heavy atom. The number of nitrogen functional groups attached to an aromatic ring is 1. The third kappa shape index (κ3) is 2.81. The summed E-state index contributed by atoms with van der Waals surface area (Å²) in [4.78, 5) is 12.4. The van der Waals surface area contributed by atoms with E-state index in [0.717, 1.165) is 22.4 Å². The normalized spacial score (nSPS) is 10.2. The van der Waals surface area contributed by atoms with Crippen molar-refractivity contribution < 1.29 is 4.79 Å². The molecular formula is C16H19N3O. The number of hydrazine groups is 1. The van der Waals surface area contributed by atoms with Crippen molar-refractivity contribution in [2.75, 3.05) is 10.7 Å². The minimum absolute atomic E-state index is 0.168. The second-order valence-electron chi connectivity index (χ2n) is 4.91. The molecule has 2 aromatic rings. The van der Waals surface area contributed by atoms with E-state index >= 15 is 0 Å². The average Bonchev–Trinajstić information content (AvgIpc) is 2.43. The van der Waals surface area contributed by atoms with Gasteiger partial charge < -0.3 is 10.7 Å². The summed E-state index contributed by atoms with van der Waals surface area (Å²) in [5, 5.41) is 2.96. The molecule has 0 radical (unpaired) electrons. The van der Waals surface area contributed by atoms with Crippen LogP contribution >= 0.6 is 0 Å². The van der Waals surface area contributed by atoms with Crippen LogP contribution in [0.1, 0.15) is 27.0 Å². The fourth-order valence-corrected chi connectivity index (χ4v) is 2.16. The van der Waals surface area contributed by atoms with Crippen LogP contribution in [0, 0.1) is 20.8 Å². The highest BCUT2D eigenvalue weighted by molar-refractivity contribution is 6.08. The molecule has 0 aliphatic carbocycles. The maximum absolute atomic E-state index is 12.4. The van der Waals surface area contributed by atoms with Crippen LogP contribution in [0.2, 0.25) is 0 Å². The molecule has 0 aromatic heterocycles. The van der Waals surface area contributed by atoms with Gasteiger partial charge in [0.25, 0.3) is 5.91 Å². The van der Waals surface area contributed by atoms with Gasteiger partial charge in [-0.1, -0.05) is 29.8 Å². The first-order valence-corrected chi connectivity index (χ1v) is 6.47. The molecule has 4 N–H and O–H groups in total. The third-order valence-electron chi connectivity index (χ3n) is 3.29. The van der Waals surface area contributed by atoms with Crippen LogP contribution in [0.3, 0.4) is 0 Å². The zero-order valence-corrected chi connectivity index (χ0v) is 11.9. The molecule has 104 valence electrons. The summed E-state index contributed by atoms with van der Waals surface area (Å²) in [6.45, 7) is 5.89. The number of carbonyl (C=O) groups excluding carboxylic acids is 1. The molecule has 2 aromatic carbocycles. The lowest BCUT2D eigenvalue weighted by atomic mass is 10.1. The Labute approximate surface area is 119 Å². The fourth-order valence-electron chi connectivity index (χ4n) is 2.16. The summed E-state index contributed by atoms with van der Waals surface area (Å²) in [6.07, 6.45) is 0. The third-order valence-corrected chi connectivity index (χ3v) is 3.29. The van der Waals surface area contributed by atoms with Crippen molar-refractivity contribution in [3.8, 4) is 0 Å². The van der Waals surface area contributed by atoms with Crippen LogP contribution in [0.4, 0.5) is 11.4 Å². The molecule has 0 saturated carbocycles. The zero-order valence-electron chi connectivity index (χ0n) is 11.9. The molecule has 0 bridgehead atoms. The van der Waals surface area contributed by atoms with E-state index in [9.17, 15) is 4.79 Å². The summed E-state index contributed by atoms with van der Waals surface area (Å²) < 4.78 is 0. The van der Waals surface area contributed by atoms with Crippen LogP contribution in [-0.2, 0) is 0 Å². The molecule has 0 atom stereocenters. The van der Waals surface area contributed by atoms with E-state index in [4.69, 9.17) is 5.84 Å². The van der Waals surface area contributed by atoms with Crippen molar-refractivity contribution in [2.45, 2.75) is 20.8 Å². The molecule has 0 heterocycles. The van der Waals surface area contributed by atoms with Crippen LogP contribution < -0.4 is 16.6 Å². The molecule has 0 fully saturated rings. The highest BCUT2D eigenvalue weighted by Gasteiger charge is 2.13. The van der Waals surface area contributed by atoms with E-state index in [1.807, 2.05) is 51.1 Å². The molecule has 0 spiro atoms. The van der Waals surface area contributed by atoms with Gasteiger partial charge in [0.2, 0.25) is 0 Å². The lowest BCUT2D eigenvalue weighted by Gasteiger charge is -2.14. The van der Waals surface area contributed by atoms with Gasteiger partial charge in [0.15, 0.2) is 0 Å². The number of rotatable bonds is 3. The maximum atomic E-state index is 12.4. The Morgan fingerprint density at radius 3 is 2.30 bits per heavy atom. The summed E-state index contributed by atoms with van der Waals surface area (Å²) in [5.41, 5.74) is 7.64. The monoisotopic (exact) mass is 269 g/mol. The van der Waals surface area contributed by atoms with Gasteiger partial charge in [0.1, 0.15) is 0 Å². The number of nitrogens with one attached hydrogen (secondary N) is 2. The van der Waals surface area contributed by atoms with E-state index in [2.05, 4.69) is 10.7 Å². The minimum atomic E-state index is -0.168. The predicted octanol–water partition coefficient (Wildman–Crippen LogP) is 3.15. The lowest BCUT2D eigenvalue weighted by molar-refractivity contribution is 0.102. The number of nitrogens with two attached hydrogens (primary N) is 1. The van der Waals surface area contributed by atoms with E-state index in [-0.39, 0.29) is 5.91 Å². The summed E-state index contributed by atoms with van der Waals surface area (Å²) >= 11 is 0. The van der Waals surface area contributed by atoms with Crippen LogP contribution in [0.15, 0.2) is 36.4 Å². The number of carbonyl (C=O) groups is 1. The van der Waals surface area contributed by atoms with Gasteiger partial charge in [-0.2, -0.15) is 0 Å². The Morgan fingerprint density at radius 2 is 1.70 bits per heavy atom. The van der Waals surface area contributed by atoms with Crippen molar-refractivity contribution in [3.63, 3.8) is 0 Å². The fraction of sp³-hybridized carbons (Fsp3) is 0.188. The van der Waals surface area contributed by atoms with E-state index < -0.39 is 0 Å². The van der Waals surface area contributed by atoms with E-state index in [0.29, 0.717) is 11.3 Å². The van der Waals surface area contributed by atoms with Gasteiger partial charge in [-0.15, -0.1) is 0 Å². The standard InChI is InChI=1S/C16H19N3O/c1-10-7-8-14(19-17)13(9-10)16(20)18-15-11(2)5-4-6-12(15)3/h4-9,19H,17H2,1-3H3,(H,18,20). The van der Waals surface area contributed by atoms with Crippen molar-refractivity contribution in [1.82, 2.24) is 0 Å². The molecule has 0 aliphatic rings. The van der Waals surface area contributed by atoms with Gasteiger partial charge >= 0.3 is 0 Å². The maximum Gasteiger partial charge on any atom is 0.257 e. The molecule has 4 nitrogen and oxygen atoms in total. The Hall–Kier alpha value is -2.33. The number of para-hydroxylation sites is 1. The quantitative estimate of drug-likeness (QED) is 0.592. The second-order valence-corrected chi connectivity index (χ2v) is 4.91. The molecular weight excluding hydrogens is 250 g/mol. The number of aryl methyl sites for hydroxylation is 3. The summed E-state index contributed by atoms with van der Waals surface area (Å²) in [6, 6.07) is 11.4. The molecule has 1 amide bonds. The SMILES string of the molecule is Cc1ccc(NN)c(C(=O)Nc2c(C)cccc2C)c1. The first kappa shape index (κ1) is 14.1. The van der Waals surface area contributed by atoms with Gasteiger partial charge in [0, 0.05) is 5.69 Å². The molecule has 20 heavy (non-hydrogen) atoms. The van der Waals surface area contributed by atoms with Crippen molar-refractivity contribution in [2.24, 2.45) is 5.84 Å². The van der Waals surface area contributed by atoms with Crippen molar-refractivity contribution >= 4 is 17.3 Å². The Bertz CT molecular complexity index is 630. The largest absolute Gasteiger partial charge is 0.323 e. The number of hydrogen-bond donors (Lipinski definition) is 3. The van der Waals surface area contributed by atoms with Crippen molar-refractivity contribution in [1.29, 1.82) is 0 Å². The van der Waals surface area contributed by atoms with E-state index in [1.54, 1.807) is 6.07 Å². The second kappa shape index (κ2) is 5.75. The average molecular weight is 269 g/mol. The first-order chi connectivity index (χ1) is 9.52. The summed E-state index contributed by atoms with van der Waals surface area (Å²) in [7, 11) is 0. The molecule has 0 aliphatic heterocycles. The molecule has 0 saturated heterocycles. The Kier molecular flexibility index (Phi) is 4.05. The first-order valence-electron chi connectivity index (χ1n) is 6.47. The number of benzene rings is 2. The number of anilines is 2. The van der Waals surface area contributed by atoms with Gasteiger partial charge in [-0.3, -0.25) is 10.6 Å². The highest BCUT2D eigenvalue weighted by atomic mass is 16.1. The topological polar surface area (TPSA) is 67.1 Å². The molecule has 2 rings (SSSR count). The molecule has 4 heteroatoms. The minimum Gasteiger partial charge on any atom is -0.323 e. The van der Waals surface area contributed by atoms with E-state index in [1.165, 1.54) is 0 Å². The van der Waals surface area contributed by atoms with Crippen LogP contribution in [0.5, 0.6) is 0 Å². The summed E-state index contributed by atoms with van der Waals surface area (Å²) in [5.74, 6) is 5.29. The Balaban J connectivity index is 2.35. The van der Waals surface area contributed by atoms with Crippen LogP contribution in [0.25, 0.3) is 0 Å². The number of hydrogen-bond acceptors (Lipinski definition) is 3. The molecule has 0 unspecified atom stereocenters. The lowest BCUT2D eigenvalue weighted by Crippen LogP contribution is -2.18. The smallest absolute Gasteiger partial charge is 0.257 e. The highest BCUT2D eigenvalue weighted by Crippen LogP contribution is 2.22. The zero-order chi connectivity index (χ0) is 14.7. The van der Waals surface area contributed by atoms with Crippen LogP contribution in [-0.4, -0.2) is 5.91 Å². The van der Waals surface area contributed by atoms with Gasteiger partial charge in [-0.05, 0) is 44.0 Å².